The van der Waals surface area contributed by atoms with Crippen LogP contribution < -0.4 is 21.3 Å². The zero-order valence-electron chi connectivity index (χ0n) is 43.0. The number of benzene rings is 4. The number of nitrogens with one attached hydrogen (secondary N) is 4. The van der Waals surface area contributed by atoms with E-state index in [0.717, 1.165) is 69.7 Å². The molecule has 2 heterocycles. The molecule has 70 heavy (non-hydrogen) atoms. The molecule has 6 N–H and O–H groups in total. The molecule has 6 atom stereocenters. The molecule has 0 spiro atoms. The van der Waals surface area contributed by atoms with Gasteiger partial charge in [-0.1, -0.05) is 204 Å². The Bertz CT molecular complexity index is 2130. The van der Waals surface area contributed by atoms with E-state index < -0.39 is 0 Å². The highest BCUT2D eigenvalue weighted by Crippen LogP contribution is 2.44. The first-order chi connectivity index (χ1) is 34.0. The number of carbonyl (C=O) groups excluding carboxylic acids is 4. The maximum Gasteiger partial charge on any atom is 0.224 e. The largest absolute Gasteiger partial charge is 0.394 e. The van der Waals surface area contributed by atoms with Crippen LogP contribution in [-0.4, -0.2) is 59.1 Å². The fourth-order valence-corrected chi connectivity index (χ4v) is 11.8. The van der Waals surface area contributed by atoms with Crippen molar-refractivity contribution in [2.24, 2.45) is 23.7 Å². The summed E-state index contributed by atoms with van der Waals surface area (Å²) in [4.78, 5) is 51.6. The standard InChI is InChI=1S/C60H86N4O6/c1-41(2)55-57(51(39-65)63-59(55)69)47-35-37-49(45-31-27-25-29-43(45)47)61-53(67)33-23-21-19-17-15-13-11-9-7-5-6-8-10-12-14-16-18-20-22-24-34-54(68)62-50-38-36-48(44-30-26-28-32-46(44)50)58-52(40-66)64-60(70)56(58)42(3)4/h25-32,35-38,41-42,51-52,55-58,65-66H,5-24,33-34,39-40H2,1-4H3,(H,61,67)(H,62,68)(H,63,69)(H,64,70)/t51-,52-,55-,56-,57-,58-/m1/s1. The number of fused-ring (bicyclic) bond motifs is 2. The number of unbranched alkanes of at least 4 members (excludes halogenated alkanes) is 19. The van der Waals surface area contributed by atoms with E-state index in [-0.39, 0.29) is 84.4 Å². The van der Waals surface area contributed by atoms with Crippen molar-refractivity contribution in [2.45, 2.75) is 193 Å². The lowest BCUT2D eigenvalue weighted by molar-refractivity contribution is -0.124. The normalized spacial score (nSPS) is 20.2. The Morgan fingerprint density at radius 2 is 0.729 bits per heavy atom. The summed E-state index contributed by atoms with van der Waals surface area (Å²) in [5.74, 6) is -0.334. The van der Waals surface area contributed by atoms with E-state index >= 15 is 0 Å². The third-order valence-corrected chi connectivity index (χ3v) is 15.5. The molecule has 4 aromatic carbocycles. The van der Waals surface area contributed by atoms with Crippen molar-refractivity contribution in [3.05, 3.63) is 83.9 Å². The summed E-state index contributed by atoms with van der Waals surface area (Å²) in [5, 5.41) is 36.5. The molecule has 382 valence electrons. The average Bonchev–Trinajstić information content (AvgIpc) is 3.88. The minimum absolute atomic E-state index is 0.00277. The smallest absolute Gasteiger partial charge is 0.224 e. The second kappa shape index (κ2) is 28.3. The van der Waals surface area contributed by atoms with Gasteiger partial charge in [-0.05, 0) is 58.7 Å². The van der Waals surface area contributed by atoms with E-state index in [9.17, 15) is 29.4 Å². The lowest BCUT2D eigenvalue weighted by Gasteiger charge is -2.26. The lowest BCUT2D eigenvalue weighted by atomic mass is 9.77. The quantitative estimate of drug-likeness (QED) is 0.0276. The predicted molar refractivity (Wildman–Crippen MR) is 287 cm³/mol. The monoisotopic (exact) mass is 959 g/mol. The molecule has 0 radical (unpaired) electrons. The van der Waals surface area contributed by atoms with Crippen LogP contribution in [0.15, 0.2) is 72.8 Å². The van der Waals surface area contributed by atoms with Crippen LogP contribution in [0.3, 0.4) is 0 Å². The Morgan fingerprint density at radius 1 is 0.443 bits per heavy atom. The van der Waals surface area contributed by atoms with E-state index in [2.05, 4.69) is 61.1 Å². The molecule has 0 saturated carbocycles. The lowest BCUT2D eigenvalue weighted by Crippen LogP contribution is -2.31. The van der Waals surface area contributed by atoms with Gasteiger partial charge in [0.2, 0.25) is 23.6 Å². The van der Waals surface area contributed by atoms with Gasteiger partial charge in [0, 0.05) is 58.7 Å². The van der Waals surface area contributed by atoms with Crippen LogP contribution in [0.5, 0.6) is 0 Å². The molecule has 4 amide bonds. The van der Waals surface area contributed by atoms with Gasteiger partial charge < -0.3 is 31.5 Å². The van der Waals surface area contributed by atoms with Crippen LogP contribution in [0.1, 0.15) is 192 Å². The Hall–Kier alpha value is -4.80. The fraction of sp³-hybridized carbons (Fsp3) is 0.600. The molecule has 4 aromatic rings. The maximum absolute atomic E-state index is 13.0. The van der Waals surface area contributed by atoms with Crippen molar-refractivity contribution in [1.82, 2.24) is 10.6 Å². The molecule has 2 aliphatic rings. The van der Waals surface area contributed by atoms with Crippen LogP contribution in [0.25, 0.3) is 21.5 Å². The number of hydrogen-bond acceptors (Lipinski definition) is 6. The highest BCUT2D eigenvalue weighted by molar-refractivity contribution is 6.05. The predicted octanol–water partition coefficient (Wildman–Crippen LogP) is 12.8. The summed E-state index contributed by atoms with van der Waals surface area (Å²) in [7, 11) is 0. The molecule has 0 aliphatic carbocycles. The van der Waals surface area contributed by atoms with Crippen LogP contribution in [0.2, 0.25) is 0 Å². The Labute approximate surface area is 419 Å². The zero-order chi connectivity index (χ0) is 49.8. The van der Waals surface area contributed by atoms with Crippen LogP contribution in [0.4, 0.5) is 11.4 Å². The summed E-state index contributed by atoms with van der Waals surface area (Å²) in [6, 6.07) is 23.5. The summed E-state index contributed by atoms with van der Waals surface area (Å²) in [6.45, 7) is 8.02. The molecular formula is C60H86N4O6. The highest BCUT2D eigenvalue weighted by Gasteiger charge is 2.46. The van der Waals surface area contributed by atoms with Crippen LogP contribution >= 0.6 is 0 Å². The first-order valence-corrected chi connectivity index (χ1v) is 27.5. The van der Waals surface area contributed by atoms with Gasteiger partial charge in [-0.3, -0.25) is 19.2 Å². The summed E-state index contributed by atoms with van der Waals surface area (Å²) in [5.41, 5.74) is 3.68. The third-order valence-electron chi connectivity index (χ3n) is 15.5. The van der Waals surface area contributed by atoms with Gasteiger partial charge >= 0.3 is 0 Å². The van der Waals surface area contributed by atoms with Crippen LogP contribution in [0, 0.1) is 23.7 Å². The number of rotatable bonds is 31. The average molecular weight is 959 g/mol. The van der Waals surface area contributed by atoms with Gasteiger partial charge in [0.25, 0.3) is 0 Å². The Kier molecular flexibility index (Phi) is 22.0. The SMILES string of the molecule is CC(C)[C@H]1C(=O)N[C@H](CO)[C@H]1c1ccc(NC(=O)CCCCCCCCCCCCCCCCCCCCCCC(=O)Nc2ccc([C@H]3[C@@H](C(C)C)C(=O)N[C@@H]3CO)c3ccccc23)c2ccccc12. The van der Waals surface area contributed by atoms with E-state index in [1.807, 2.05) is 60.7 Å². The number of anilines is 2. The number of hydrogen-bond donors (Lipinski definition) is 6. The molecule has 0 unspecified atom stereocenters. The molecule has 2 aliphatic heterocycles. The molecule has 10 heteroatoms. The topological polar surface area (TPSA) is 157 Å². The van der Waals surface area contributed by atoms with Gasteiger partial charge in [0.05, 0.1) is 25.3 Å². The van der Waals surface area contributed by atoms with Gasteiger partial charge in [0.1, 0.15) is 0 Å². The Morgan fingerprint density at radius 3 is 1.01 bits per heavy atom. The van der Waals surface area contributed by atoms with Crippen molar-refractivity contribution in [3.8, 4) is 0 Å². The van der Waals surface area contributed by atoms with Crippen LogP contribution in [-0.2, 0) is 19.2 Å². The first-order valence-electron chi connectivity index (χ1n) is 27.5. The minimum Gasteiger partial charge on any atom is -0.394 e. The Balaban J connectivity index is 0.728. The summed E-state index contributed by atoms with van der Waals surface area (Å²) < 4.78 is 0. The van der Waals surface area contributed by atoms with Gasteiger partial charge in [-0.25, -0.2) is 0 Å². The third kappa shape index (κ3) is 14.9. The van der Waals surface area contributed by atoms with Crippen molar-refractivity contribution in [2.75, 3.05) is 23.8 Å². The molecule has 2 fully saturated rings. The second-order valence-electron chi connectivity index (χ2n) is 21.3. The summed E-state index contributed by atoms with van der Waals surface area (Å²) >= 11 is 0. The molecule has 2 saturated heterocycles. The number of aliphatic hydroxyl groups is 2. The number of aliphatic hydroxyl groups excluding tert-OH is 2. The van der Waals surface area contributed by atoms with Gasteiger partial charge in [0.15, 0.2) is 0 Å². The summed E-state index contributed by atoms with van der Waals surface area (Å²) in [6.07, 6.45) is 25.7. The fourth-order valence-electron chi connectivity index (χ4n) is 11.8. The van der Waals surface area contributed by atoms with E-state index in [1.165, 1.54) is 103 Å². The van der Waals surface area contributed by atoms with Gasteiger partial charge in [-0.2, -0.15) is 0 Å². The zero-order valence-corrected chi connectivity index (χ0v) is 43.0. The molecular weight excluding hydrogens is 873 g/mol. The van der Waals surface area contributed by atoms with Crippen molar-refractivity contribution in [3.63, 3.8) is 0 Å². The van der Waals surface area contributed by atoms with E-state index in [1.54, 1.807) is 0 Å². The molecule has 10 nitrogen and oxygen atoms in total. The van der Waals surface area contributed by atoms with E-state index in [0.29, 0.717) is 12.8 Å². The van der Waals surface area contributed by atoms with Crippen molar-refractivity contribution < 1.29 is 29.4 Å². The van der Waals surface area contributed by atoms with Crippen molar-refractivity contribution in [1.29, 1.82) is 0 Å². The number of carbonyl (C=O) groups is 4. The first kappa shape index (κ1) is 54.5. The minimum atomic E-state index is -0.322. The number of amides is 4. The van der Waals surface area contributed by atoms with Gasteiger partial charge in [-0.15, -0.1) is 0 Å². The molecule has 0 aromatic heterocycles. The van der Waals surface area contributed by atoms with E-state index in [4.69, 9.17) is 0 Å². The maximum atomic E-state index is 13.0. The van der Waals surface area contributed by atoms with Crippen molar-refractivity contribution >= 4 is 56.5 Å². The molecule has 0 bridgehead atoms. The molecule has 6 rings (SSSR count). The highest BCUT2D eigenvalue weighted by atomic mass is 16.3. The second-order valence-corrected chi connectivity index (χ2v) is 21.3.